The quantitative estimate of drug-likeness (QED) is 0.725. The summed E-state index contributed by atoms with van der Waals surface area (Å²) < 4.78 is 0. The molecule has 20 heavy (non-hydrogen) atoms. The Morgan fingerprint density at radius 3 is 2.95 bits per heavy atom. The number of hydrogen-bond donors (Lipinski definition) is 2. The Hall–Kier alpha value is -2.05. The van der Waals surface area contributed by atoms with Crippen molar-refractivity contribution >= 4 is 45.3 Å². The highest BCUT2D eigenvalue weighted by Gasteiger charge is 2.09. The van der Waals surface area contributed by atoms with Crippen LogP contribution in [0.3, 0.4) is 0 Å². The van der Waals surface area contributed by atoms with E-state index in [1.54, 1.807) is 16.8 Å². The smallest absolute Gasteiger partial charge is 0.137 e. The van der Waals surface area contributed by atoms with Crippen LogP contribution in [0.15, 0.2) is 42.0 Å². The Morgan fingerprint density at radius 1 is 1.35 bits per heavy atom. The second-order valence-corrected chi connectivity index (χ2v) is 5.67. The predicted molar refractivity (Wildman–Crippen MR) is 87.1 cm³/mol. The SMILES string of the molecule is NC(=S)c1cc2ccccc2nc1NCc1cncs1. The van der Waals surface area contributed by atoms with E-state index in [0.29, 0.717) is 17.4 Å². The molecule has 100 valence electrons. The molecule has 0 saturated heterocycles. The number of benzene rings is 1. The zero-order valence-corrected chi connectivity index (χ0v) is 12.2. The van der Waals surface area contributed by atoms with Crippen molar-refractivity contribution in [1.29, 1.82) is 0 Å². The largest absolute Gasteiger partial charge is 0.389 e. The van der Waals surface area contributed by atoms with Crippen LogP contribution in [0.4, 0.5) is 5.82 Å². The molecule has 3 aromatic rings. The van der Waals surface area contributed by atoms with Gasteiger partial charge in [-0.05, 0) is 12.1 Å². The third kappa shape index (κ3) is 2.61. The molecule has 0 spiro atoms. The van der Waals surface area contributed by atoms with Crippen molar-refractivity contribution in [1.82, 2.24) is 9.97 Å². The summed E-state index contributed by atoms with van der Waals surface area (Å²) in [6, 6.07) is 9.87. The Kier molecular flexibility index (Phi) is 3.58. The average Bonchev–Trinajstić information content (AvgIpc) is 2.97. The first-order valence-electron chi connectivity index (χ1n) is 6.05. The first-order chi connectivity index (χ1) is 9.74. The minimum atomic E-state index is 0.343. The van der Waals surface area contributed by atoms with Crippen LogP contribution in [0.25, 0.3) is 10.9 Å². The van der Waals surface area contributed by atoms with Crippen LogP contribution >= 0.6 is 23.6 Å². The zero-order chi connectivity index (χ0) is 13.9. The van der Waals surface area contributed by atoms with Crippen LogP contribution in [0.2, 0.25) is 0 Å². The Morgan fingerprint density at radius 2 is 2.20 bits per heavy atom. The zero-order valence-electron chi connectivity index (χ0n) is 10.5. The van der Waals surface area contributed by atoms with E-state index in [-0.39, 0.29) is 0 Å². The number of nitrogens with one attached hydrogen (secondary N) is 1. The van der Waals surface area contributed by atoms with Gasteiger partial charge in [-0.2, -0.15) is 0 Å². The maximum atomic E-state index is 5.80. The number of thiocarbonyl (C=S) groups is 1. The number of thiazole rings is 1. The highest BCUT2D eigenvalue weighted by molar-refractivity contribution is 7.80. The lowest BCUT2D eigenvalue weighted by atomic mass is 10.1. The van der Waals surface area contributed by atoms with E-state index in [4.69, 9.17) is 18.0 Å². The number of fused-ring (bicyclic) bond motifs is 1. The minimum Gasteiger partial charge on any atom is -0.389 e. The summed E-state index contributed by atoms with van der Waals surface area (Å²) in [6.45, 7) is 0.658. The van der Waals surface area contributed by atoms with Crippen molar-refractivity contribution in [3.8, 4) is 0 Å². The van der Waals surface area contributed by atoms with Gasteiger partial charge in [0.25, 0.3) is 0 Å². The maximum Gasteiger partial charge on any atom is 0.137 e. The molecule has 6 heteroatoms. The molecule has 0 saturated carbocycles. The van der Waals surface area contributed by atoms with Crippen molar-refractivity contribution in [2.75, 3.05) is 5.32 Å². The number of para-hydroxylation sites is 1. The van der Waals surface area contributed by atoms with Gasteiger partial charge in [-0.25, -0.2) is 4.98 Å². The van der Waals surface area contributed by atoms with E-state index in [0.717, 1.165) is 21.3 Å². The van der Waals surface area contributed by atoms with Crippen LogP contribution in [-0.4, -0.2) is 15.0 Å². The van der Waals surface area contributed by atoms with Gasteiger partial charge in [0.05, 0.1) is 23.1 Å². The average molecular weight is 300 g/mol. The maximum absolute atomic E-state index is 5.80. The van der Waals surface area contributed by atoms with Gasteiger partial charge in [0, 0.05) is 16.5 Å². The van der Waals surface area contributed by atoms with Gasteiger partial charge in [0.15, 0.2) is 0 Å². The van der Waals surface area contributed by atoms with E-state index in [2.05, 4.69) is 15.3 Å². The molecular weight excluding hydrogens is 288 g/mol. The minimum absolute atomic E-state index is 0.343. The van der Waals surface area contributed by atoms with Crippen molar-refractivity contribution in [2.45, 2.75) is 6.54 Å². The standard InChI is InChI=1S/C14H12N4S2/c15-13(19)11-5-9-3-1-2-4-12(9)18-14(11)17-7-10-6-16-8-20-10/h1-6,8H,7H2,(H2,15,19)(H,17,18). The summed E-state index contributed by atoms with van der Waals surface area (Å²) in [4.78, 5) is 10.1. The molecule has 1 aromatic carbocycles. The molecule has 0 atom stereocenters. The molecule has 3 rings (SSSR count). The summed E-state index contributed by atoms with van der Waals surface area (Å²) in [5, 5.41) is 4.31. The summed E-state index contributed by atoms with van der Waals surface area (Å²) in [6.07, 6.45) is 1.83. The lowest BCUT2D eigenvalue weighted by molar-refractivity contribution is 1.14. The van der Waals surface area contributed by atoms with Crippen molar-refractivity contribution in [3.63, 3.8) is 0 Å². The monoisotopic (exact) mass is 300 g/mol. The normalized spacial score (nSPS) is 10.6. The van der Waals surface area contributed by atoms with Gasteiger partial charge in [0.2, 0.25) is 0 Å². The van der Waals surface area contributed by atoms with Gasteiger partial charge in [-0.3, -0.25) is 4.98 Å². The van der Waals surface area contributed by atoms with Gasteiger partial charge in [-0.15, -0.1) is 11.3 Å². The third-order valence-electron chi connectivity index (χ3n) is 2.90. The highest BCUT2D eigenvalue weighted by Crippen LogP contribution is 2.21. The number of nitrogens with two attached hydrogens (primary N) is 1. The number of anilines is 1. The Balaban J connectivity index is 1.98. The first-order valence-corrected chi connectivity index (χ1v) is 7.33. The van der Waals surface area contributed by atoms with Gasteiger partial charge in [-0.1, -0.05) is 30.4 Å². The molecule has 0 bridgehead atoms. The molecule has 3 N–H and O–H groups in total. The van der Waals surface area contributed by atoms with Crippen LogP contribution < -0.4 is 11.1 Å². The van der Waals surface area contributed by atoms with Crippen LogP contribution in [-0.2, 0) is 6.54 Å². The predicted octanol–water partition coefficient (Wildman–Crippen LogP) is 2.94. The van der Waals surface area contributed by atoms with Gasteiger partial charge < -0.3 is 11.1 Å². The number of hydrogen-bond acceptors (Lipinski definition) is 5. The molecule has 0 radical (unpaired) electrons. The van der Waals surface area contributed by atoms with Crippen molar-refractivity contribution < 1.29 is 0 Å². The van der Waals surface area contributed by atoms with E-state index < -0.39 is 0 Å². The molecular formula is C14H12N4S2. The fraction of sp³-hybridized carbons (Fsp3) is 0.0714. The molecule has 0 aliphatic heterocycles. The molecule has 0 unspecified atom stereocenters. The third-order valence-corrected chi connectivity index (χ3v) is 3.90. The van der Waals surface area contributed by atoms with Crippen molar-refractivity contribution in [2.24, 2.45) is 5.73 Å². The van der Waals surface area contributed by atoms with Crippen LogP contribution in [0, 0.1) is 0 Å². The summed E-state index contributed by atoms with van der Waals surface area (Å²) in [5.74, 6) is 0.713. The molecule has 2 aromatic heterocycles. The molecule has 0 aliphatic rings. The fourth-order valence-electron chi connectivity index (χ4n) is 1.94. The summed E-state index contributed by atoms with van der Waals surface area (Å²) in [7, 11) is 0. The van der Waals surface area contributed by atoms with E-state index >= 15 is 0 Å². The molecule has 4 nitrogen and oxygen atoms in total. The number of rotatable bonds is 4. The lowest BCUT2D eigenvalue weighted by Crippen LogP contribution is -2.14. The highest BCUT2D eigenvalue weighted by atomic mass is 32.1. The topological polar surface area (TPSA) is 63.8 Å². The summed E-state index contributed by atoms with van der Waals surface area (Å²) in [5.41, 5.74) is 9.28. The second-order valence-electron chi connectivity index (χ2n) is 4.26. The lowest BCUT2D eigenvalue weighted by Gasteiger charge is -2.11. The second kappa shape index (κ2) is 5.52. The molecule has 0 amide bonds. The fourth-order valence-corrected chi connectivity index (χ4v) is 2.63. The number of pyridine rings is 1. The first kappa shape index (κ1) is 13.0. The van der Waals surface area contributed by atoms with E-state index in [9.17, 15) is 0 Å². The Labute approximate surface area is 125 Å². The van der Waals surface area contributed by atoms with E-state index in [1.165, 1.54) is 0 Å². The molecule has 0 fully saturated rings. The Bertz CT molecular complexity index is 753. The number of nitrogens with zero attached hydrogens (tertiary/aromatic N) is 2. The number of aromatic nitrogens is 2. The van der Waals surface area contributed by atoms with Crippen LogP contribution in [0.5, 0.6) is 0 Å². The van der Waals surface area contributed by atoms with Crippen molar-refractivity contribution in [3.05, 3.63) is 52.5 Å². The van der Waals surface area contributed by atoms with Gasteiger partial charge >= 0.3 is 0 Å². The van der Waals surface area contributed by atoms with Gasteiger partial charge in [0.1, 0.15) is 10.8 Å². The molecule has 0 aliphatic carbocycles. The van der Waals surface area contributed by atoms with E-state index in [1.807, 2.05) is 36.5 Å². The molecule has 2 heterocycles. The van der Waals surface area contributed by atoms with Crippen LogP contribution in [0.1, 0.15) is 10.4 Å². The summed E-state index contributed by atoms with van der Waals surface area (Å²) >= 11 is 6.71.